The van der Waals surface area contributed by atoms with E-state index >= 15 is 0 Å². The summed E-state index contributed by atoms with van der Waals surface area (Å²) in [6.45, 7) is 1.29. The zero-order chi connectivity index (χ0) is 20.3. The number of ether oxygens (including phenoxy) is 1. The second kappa shape index (κ2) is 7.92. The Morgan fingerprint density at radius 2 is 1.39 bits per heavy atom. The van der Waals surface area contributed by atoms with E-state index < -0.39 is 11.7 Å². The summed E-state index contributed by atoms with van der Waals surface area (Å²) < 4.78 is 43.2. The molecule has 8 heteroatoms. The topological polar surface area (TPSA) is 49.9 Å². The predicted octanol–water partition coefficient (Wildman–Crippen LogP) is 3.31. The highest BCUT2D eigenvalue weighted by molar-refractivity contribution is 5.97. The molecule has 1 heterocycles. The first-order valence-electron chi connectivity index (χ1n) is 8.70. The first-order chi connectivity index (χ1) is 13.3. The van der Waals surface area contributed by atoms with Gasteiger partial charge in [0.25, 0.3) is 11.8 Å². The van der Waals surface area contributed by atoms with E-state index in [9.17, 15) is 22.8 Å². The van der Waals surface area contributed by atoms with Crippen molar-refractivity contribution in [1.29, 1.82) is 0 Å². The highest BCUT2D eigenvalue weighted by Crippen LogP contribution is 2.29. The minimum Gasteiger partial charge on any atom is -0.496 e. The summed E-state index contributed by atoms with van der Waals surface area (Å²) in [5, 5.41) is 0. The van der Waals surface area contributed by atoms with Crippen molar-refractivity contribution in [3.63, 3.8) is 0 Å². The SMILES string of the molecule is COc1ccccc1C(=O)N1CCN(C(=O)c2ccc(C(F)(F)F)cc2)CC1. The molecule has 2 aromatic rings. The molecule has 3 rings (SSSR count). The molecule has 0 spiro atoms. The Morgan fingerprint density at radius 3 is 1.93 bits per heavy atom. The highest BCUT2D eigenvalue weighted by atomic mass is 19.4. The summed E-state index contributed by atoms with van der Waals surface area (Å²) in [7, 11) is 1.49. The number of methoxy groups -OCH3 is 1. The van der Waals surface area contributed by atoms with Gasteiger partial charge < -0.3 is 14.5 Å². The number of halogens is 3. The fourth-order valence-electron chi connectivity index (χ4n) is 3.09. The van der Waals surface area contributed by atoms with Crippen LogP contribution in [0.25, 0.3) is 0 Å². The third-order valence-electron chi connectivity index (χ3n) is 4.65. The molecule has 0 radical (unpaired) electrons. The molecule has 1 aliphatic heterocycles. The van der Waals surface area contributed by atoms with E-state index in [1.165, 1.54) is 24.1 Å². The van der Waals surface area contributed by atoms with Gasteiger partial charge in [-0.05, 0) is 36.4 Å². The lowest BCUT2D eigenvalue weighted by molar-refractivity contribution is -0.137. The number of nitrogens with zero attached hydrogens (tertiary/aromatic N) is 2. The van der Waals surface area contributed by atoms with Gasteiger partial charge in [0, 0.05) is 31.7 Å². The van der Waals surface area contributed by atoms with Gasteiger partial charge >= 0.3 is 6.18 Å². The van der Waals surface area contributed by atoms with Crippen LogP contribution in [-0.2, 0) is 6.18 Å². The molecule has 0 unspecified atom stereocenters. The third-order valence-corrected chi connectivity index (χ3v) is 4.65. The van der Waals surface area contributed by atoms with Crippen LogP contribution in [-0.4, -0.2) is 54.9 Å². The third kappa shape index (κ3) is 4.11. The van der Waals surface area contributed by atoms with E-state index in [0.717, 1.165) is 12.1 Å². The molecule has 148 valence electrons. The predicted molar refractivity (Wildman–Crippen MR) is 96.2 cm³/mol. The van der Waals surface area contributed by atoms with E-state index in [1.807, 2.05) is 0 Å². The van der Waals surface area contributed by atoms with E-state index in [1.54, 1.807) is 29.2 Å². The minimum atomic E-state index is -4.44. The Morgan fingerprint density at radius 1 is 0.857 bits per heavy atom. The Labute approximate surface area is 160 Å². The maximum atomic E-state index is 12.7. The van der Waals surface area contributed by atoms with Crippen LogP contribution in [0.4, 0.5) is 13.2 Å². The molecule has 5 nitrogen and oxygen atoms in total. The summed E-state index contributed by atoms with van der Waals surface area (Å²) in [5.41, 5.74) is -0.152. The van der Waals surface area contributed by atoms with Gasteiger partial charge in [0.05, 0.1) is 18.2 Å². The van der Waals surface area contributed by atoms with Gasteiger partial charge in [-0.15, -0.1) is 0 Å². The summed E-state index contributed by atoms with van der Waals surface area (Å²) >= 11 is 0. The van der Waals surface area contributed by atoms with E-state index in [4.69, 9.17) is 4.74 Å². The molecule has 28 heavy (non-hydrogen) atoms. The number of amides is 2. The fourth-order valence-corrected chi connectivity index (χ4v) is 3.09. The Balaban J connectivity index is 1.63. The number of benzene rings is 2. The molecule has 0 bridgehead atoms. The Kier molecular flexibility index (Phi) is 5.58. The maximum absolute atomic E-state index is 12.7. The first kappa shape index (κ1) is 19.7. The lowest BCUT2D eigenvalue weighted by atomic mass is 10.1. The van der Waals surface area contributed by atoms with E-state index in [0.29, 0.717) is 37.5 Å². The standard InChI is InChI=1S/C20H19F3N2O3/c1-28-17-5-3-2-4-16(17)19(27)25-12-10-24(11-13-25)18(26)14-6-8-15(9-7-14)20(21,22)23/h2-9H,10-13H2,1H3. The van der Waals surface area contributed by atoms with Gasteiger partial charge in [0.1, 0.15) is 5.75 Å². The largest absolute Gasteiger partial charge is 0.496 e. The summed E-state index contributed by atoms with van der Waals surface area (Å²) in [6, 6.07) is 11.1. The van der Waals surface area contributed by atoms with Crippen molar-refractivity contribution in [3.8, 4) is 5.75 Å². The van der Waals surface area contributed by atoms with Gasteiger partial charge in [-0.25, -0.2) is 0 Å². The normalized spacial score (nSPS) is 14.7. The number of para-hydroxylation sites is 1. The van der Waals surface area contributed by atoms with Gasteiger partial charge in [-0.3, -0.25) is 9.59 Å². The number of hydrogen-bond acceptors (Lipinski definition) is 3. The second-order valence-electron chi connectivity index (χ2n) is 6.36. The number of hydrogen-bond donors (Lipinski definition) is 0. The van der Waals surface area contributed by atoms with Gasteiger partial charge in [0.15, 0.2) is 0 Å². The van der Waals surface area contributed by atoms with Crippen LogP contribution in [0.15, 0.2) is 48.5 Å². The Hall–Kier alpha value is -3.03. The number of carbonyl (C=O) groups excluding carboxylic acids is 2. The number of piperazine rings is 1. The smallest absolute Gasteiger partial charge is 0.416 e. The van der Waals surface area contributed by atoms with Crippen LogP contribution in [0, 0.1) is 0 Å². The van der Waals surface area contributed by atoms with Crippen LogP contribution in [0.5, 0.6) is 5.75 Å². The van der Waals surface area contributed by atoms with Crippen molar-refractivity contribution in [2.24, 2.45) is 0 Å². The maximum Gasteiger partial charge on any atom is 0.416 e. The van der Waals surface area contributed by atoms with Crippen molar-refractivity contribution >= 4 is 11.8 Å². The second-order valence-corrected chi connectivity index (χ2v) is 6.36. The van der Waals surface area contributed by atoms with Gasteiger partial charge in [-0.1, -0.05) is 12.1 Å². The molecule has 0 N–H and O–H groups in total. The summed E-state index contributed by atoms with van der Waals surface area (Å²) in [6.07, 6.45) is -4.44. The molecule has 1 fully saturated rings. The average molecular weight is 392 g/mol. The van der Waals surface area contributed by atoms with Crippen LogP contribution < -0.4 is 4.74 Å². The zero-order valence-electron chi connectivity index (χ0n) is 15.2. The molecule has 0 atom stereocenters. The quantitative estimate of drug-likeness (QED) is 0.805. The van der Waals surface area contributed by atoms with Crippen LogP contribution in [0.2, 0.25) is 0 Å². The number of alkyl halides is 3. The molecule has 2 amide bonds. The average Bonchev–Trinajstić information content (AvgIpc) is 2.72. The highest BCUT2D eigenvalue weighted by Gasteiger charge is 2.31. The van der Waals surface area contributed by atoms with Gasteiger partial charge in [0.2, 0.25) is 0 Å². The molecular formula is C20H19F3N2O3. The van der Waals surface area contributed by atoms with Crippen LogP contribution >= 0.6 is 0 Å². The molecule has 0 saturated carbocycles. The first-order valence-corrected chi connectivity index (χ1v) is 8.70. The van der Waals surface area contributed by atoms with Crippen LogP contribution in [0.1, 0.15) is 26.3 Å². The zero-order valence-corrected chi connectivity index (χ0v) is 15.2. The lowest BCUT2D eigenvalue weighted by Crippen LogP contribution is -2.50. The van der Waals surface area contributed by atoms with Crippen molar-refractivity contribution in [2.75, 3.05) is 33.3 Å². The minimum absolute atomic E-state index is 0.181. The molecule has 1 saturated heterocycles. The van der Waals surface area contributed by atoms with Gasteiger partial charge in [-0.2, -0.15) is 13.2 Å². The van der Waals surface area contributed by atoms with Crippen molar-refractivity contribution < 1.29 is 27.5 Å². The molecule has 0 aromatic heterocycles. The van der Waals surface area contributed by atoms with E-state index in [-0.39, 0.29) is 17.4 Å². The Bertz CT molecular complexity index is 858. The van der Waals surface area contributed by atoms with E-state index in [2.05, 4.69) is 0 Å². The number of carbonyl (C=O) groups is 2. The number of rotatable bonds is 3. The molecule has 2 aromatic carbocycles. The van der Waals surface area contributed by atoms with Crippen LogP contribution in [0.3, 0.4) is 0 Å². The fraction of sp³-hybridized carbons (Fsp3) is 0.300. The lowest BCUT2D eigenvalue weighted by Gasteiger charge is -2.35. The monoisotopic (exact) mass is 392 g/mol. The summed E-state index contributed by atoms with van der Waals surface area (Å²) in [4.78, 5) is 28.4. The van der Waals surface area contributed by atoms with Crippen molar-refractivity contribution in [2.45, 2.75) is 6.18 Å². The van der Waals surface area contributed by atoms with Crippen molar-refractivity contribution in [1.82, 2.24) is 9.80 Å². The van der Waals surface area contributed by atoms with Crippen molar-refractivity contribution in [3.05, 3.63) is 65.2 Å². The molecule has 0 aliphatic carbocycles. The summed E-state index contributed by atoms with van der Waals surface area (Å²) in [5.74, 6) is -0.0482. The molecule has 1 aliphatic rings. The molecular weight excluding hydrogens is 373 g/mol.